The summed E-state index contributed by atoms with van der Waals surface area (Å²) in [5, 5.41) is 0.954. The van der Waals surface area contributed by atoms with Gasteiger partial charge in [-0.1, -0.05) is 36.0 Å². The summed E-state index contributed by atoms with van der Waals surface area (Å²) in [5.74, 6) is 1.77. The van der Waals surface area contributed by atoms with E-state index in [-0.39, 0.29) is 0 Å². The quantitative estimate of drug-likeness (QED) is 0.666. The summed E-state index contributed by atoms with van der Waals surface area (Å²) in [4.78, 5) is 11.1. The summed E-state index contributed by atoms with van der Waals surface area (Å²) in [7, 11) is 4.14. The molecule has 2 heterocycles. The van der Waals surface area contributed by atoms with Crippen LogP contribution in [-0.4, -0.2) is 28.6 Å². The number of nitrogens with zero attached hydrogens (tertiary/aromatic N) is 4. The molecule has 0 fully saturated rings. The predicted molar refractivity (Wildman–Crippen MR) is 96.4 cm³/mol. The third kappa shape index (κ3) is 3.56. The Kier molecular flexibility index (Phi) is 4.67. The summed E-state index contributed by atoms with van der Waals surface area (Å²) >= 11 is 1.72. The number of para-hydroxylation sites is 1. The molecule has 1 aromatic carbocycles. The molecule has 0 radical (unpaired) electrons. The molecule has 0 aliphatic heterocycles. The van der Waals surface area contributed by atoms with Crippen molar-refractivity contribution in [1.82, 2.24) is 14.5 Å². The molecule has 0 N–H and O–H groups in total. The molecule has 0 bridgehead atoms. The third-order valence-electron chi connectivity index (χ3n) is 3.58. The van der Waals surface area contributed by atoms with E-state index >= 15 is 0 Å². The number of anilines is 1. The molecular weight excluding hydrogens is 304 g/mol. The molecule has 0 saturated heterocycles. The molecule has 2 aromatic heterocycles. The molecule has 118 valence electrons. The van der Waals surface area contributed by atoms with Crippen molar-refractivity contribution in [2.75, 3.05) is 19.0 Å². The average Bonchev–Trinajstić information content (AvgIpc) is 3.02. The number of aryl methyl sites for hydroxylation is 1. The number of thioether (sulfide) groups is 1. The van der Waals surface area contributed by atoms with Crippen molar-refractivity contribution in [2.45, 2.75) is 17.8 Å². The Morgan fingerprint density at radius 1 is 1.09 bits per heavy atom. The number of aromatic nitrogens is 3. The topological polar surface area (TPSA) is 34.0 Å². The molecule has 0 atom stereocenters. The van der Waals surface area contributed by atoms with E-state index in [1.54, 1.807) is 11.8 Å². The van der Waals surface area contributed by atoms with Gasteiger partial charge < -0.3 is 4.90 Å². The molecular formula is C18H20N4S. The van der Waals surface area contributed by atoms with Crippen LogP contribution in [0.2, 0.25) is 0 Å². The highest BCUT2D eigenvalue weighted by molar-refractivity contribution is 7.98. The highest BCUT2D eigenvalue weighted by Gasteiger charge is 2.09. The second kappa shape index (κ2) is 6.87. The van der Waals surface area contributed by atoms with Crippen LogP contribution in [0.4, 0.5) is 5.69 Å². The predicted octanol–water partition coefficient (Wildman–Crippen LogP) is 3.93. The van der Waals surface area contributed by atoms with Crippen molar-refractivity contribution < 1.29 is 0 Å². The summed E-state index contributed by atoms with van der Waals surface area (Å²) in [5.41, 5.74) is 3.70. The van der Waals surface area contributed by atoms with E-state index < -0.39 is 0 Å². The maximum atomic E-state index is 4.48. The molecule has 4 nitrogen and oxygen atoms in total. The lowest BCUT2D eigenvalue weighted by Crippen LogP contribution is -2.10. The SMILES string of the molecule is Cc1ccc(-n2ccnc2SCc2ccccc2N(C)C)nc1. The van der Waals surface area contributed by atoms with Gasteiger partial charge in [-0.15, -0.1) is 0 Å². The molecule has 0 aliphatic rings. The van der Waals surface area contributed by atoms with Gasteiger partial charge in [-0.3, -0.25) is 4.57 Å². The lowest BCUT2D eigenvalue weighted by atomic mass is 10.2. The van der Waals surface area contributed by atoms with Crippen LogP contribution in [0.5, 0.6) is 0 Å². The molecule has 0 aliphatic carbocycles. The number of pyridine rings is 1. The first-order chi connectivity index (χ1) is 11.1. The molecule has 0 amide bonds. The number of imidazole rings is 1. The lowest BCUT2D eigenvalue weighted by molar-refractivity contribution is 0.862. The van der Waals surface area contributed by atoms with Crippen LogP contribution in [0.1, 0.15) is 11.1 Å². The Bertz CT molecular complexity index is 778. The minimum atomic E-state index is 0.872. The van der Waals surface area contributed by atoms with Crippen molar-refractivity contribution in [1.29, 1.82) is 0 Å². The highest BCUT2D eigenvalue weighted by Crippen LogP contribution is 2.28. The van der Waals surface area contributed by atoms with Crippen molar-refractivity contribution in [3.05, 3.63) is 66.1 Å². The van der Waals surface area contributed by atoms with Crippen LogP contribution in [0.15, 0.2) is 60.1 Å². The Morgan fingerprint density at radius 3 is 2.65 bits per heavy atom. The van der Waals surface area contributed by atoms with Crippen molar-refractivity contribution in [3.8, 4) is 5.82 Å². The smallest absolute Gasteiger partial charge is 0.174 e. The second-order valence-corrected chi connectivity index (χ2v) is 6.53. The van der Waals surface area contributed by atoms with Gasteiger partial charge in [-0.05, 0) is 30.2 Å². The Morgan fingerprint density at radius 2 is 1.91 bits per heavy atom. The Balaban J connectivity index is 1.80. The van der Waals surface area contributed by atoms with E-state index in [0.29, 0.717) is 0 Å². The highest BCUT2D eigenvalue weighted by atomic mass is 32.2. The number of benzene rings is 1. The van der Waals surface area contributed by atoms with Gasteiger partial charge in [0.2, 0.25) is 0 Å². The van der Waals surface area contributed by atoms with Gasteiger partial charge in [-0.2, -0.15) is 0 Å². The van der Waals surface area contributed by atoms with E-state index in [9.17, 15) is 0 Å². The summed E-state index contributed by atoms with van der Waals surface area (Å²) in [6, 6.07) is 12.5. The lowest BCUT2D eigenvalue weighted by Gasteiger charge is -2.17. The Hall–Kier alpha value is -2.27. The molecule has 0 unspecified atom stereocenters. The van der Waals surface area contributed by atoms with Crippen molar-refractivity contribution in [2.24, 2.45) is 0 Å². The molecule has 0 spiro atoms. The maximum Gasteiger partial charge on any atom is 0.174 e. The van der Waals surface area contributed by atoms with Gasteiger partial charge in [0.1, 0.15) is 5.82 Å². The summed E-state index contributed by atoms with van der Waals surface area (Å²) in [6.45, 7) is 2.04. The first-order valence-corrected chi connectivity index (χ1v) is 8.48. The fraction of sp³-hybridized carbons (Fsp3) is 0.222. The van der Waals surface area contributed by atoms with Gasteiger partial charge in [0.25, 0.3) is 0 Å². The first-order valence-electron chi connectivity index (χ1n) is 7.49. The van der Waals surface area contributed by atoms with E-state index in [0.717, 1.165) is 22.3 Å². The number of hydrogen-bond acceptors (Lipinski definition) is 4. The minimum Gasteiger partial charge on any atom is -0.377 e. The van der Waals surface area contributed by atoms with E-state index in [2.05, 4.69) is 59.3 Å². The second-order valence-electron chi connectivity index (χ2n) is 5.59. The third-order valence-corrected chi connectivity index (χ3v) is 4.60. The number of hydrogen-bond donors (Lipinski definition) is 0. The molecule has 5 heteroatoms. The fourth-order valence-corrected chi connectivity index (χ4v) is 3.34. The van der Waals surface area contributed by atoms with Crippen LogP contribution < -0.4 is 4.90 Å². The first kappa shape index (κ1) is 15.6. The van der Waals surface area contributed by atoms with Gasteiger partial charge in [0.15, 0.2) is 5.16 Å². The van der Waals surface area contributed by atoms with E-state index in [4.69, 9.17) is 0 Å². The minimum absolute atomic E-state index is 0.872. The zero-order chi connectivity index (χ0) is 16.2. The van der Waals surface area contributed by atoms with Gasteiger partial charge in [0, 0.05) is 44.1 Å². The van der Waals surface area contributed by atoms with Crippen molar-refractivity contribution >= 4 is 17.4 Å². The fourth-order valence-electron chi connectivity index (χ4n) is 2.38. The van der Waals surface area contributed by atoms with Crippen LogP contribution in [-0.2, 0) is 5.75 Å². The van der Waals surface area contributed by atoms with Crippen LogP contribution in [0.25, 0.3) is 5.82 Å². The largest absolute Gasteiger partial charge is 0.377 e. The zero-order valence-corrected chi connectivity index (χ0v) is 14.4. The van der Waals surface area contributed by atoms with Crippen LogP contribution >= 0.6 is 11.8 Å². The van der Waals surface area contributed by atoms with Crippen LogP contribution in [0.3, 0.4) is 0 Å². The maximum absolute atomic E-state index is 4.48. The van der Waals surface area contributed by atoms with Crippen molar-refractivity contribution in [3.63, 3.8) is 0 Å². The van der Waals surface area contributed by atoms with E-state index in [1.807, 2.05) is 36.1 Å². The van der Waals surface area contributed by atoms with Gasteiger partial charge in [-0.25, -0.2) is 9.97 Å². The summed E-state index contributed by atoms with van der Waals surface area (Å²) < 4.78 is 2.03. The molecule has 3 aromatic rings. The molecule has 3 rings (SSSR count). The normalized spacial score (nSPS) is 10.7. The Labute approximate surface area is 141 Å². The van der Waals surface area contributed by atoms with E-state index in [1.165, 1.54) is 11.3 Å². The van der Waals surface area contributed by atoms with Gasteiger partial charge >= 0.3 is 0 Å². The van der Waals surface area contributed by atoms with Crippen LogP contribution in [0, 0.1) is 6.92 Å². The zero-order valence-electron chi connectivity index (χ0n) is 13.6. The monoisotopic (exact) mass is 324 g/mol. The summed E-state index contributed by atoms with van der Waals surface area (Å²) in [6.07, 6.45) is 5.66. The number of rotatable bonds is 5. The average molecular weight is 324 g/mol. The molecule has 23 heavy (non-hydrogen) atoms. The standard InChI is InChI=1S/C18H20N4S/c1-14-8-9-17(20-12-14)22-11-10-19-18(22)23-13-15-6-4-5-7-16(15)21(2)3/h4-12H,13H2,1-3H3. The molecule has 0 saturated carbocycles. The van der Waals surface area contributed by atoms with Gasteiger partial charge in [0.05, 0.1) is 0 Å².